The summed E-state index contributed by atoms with van der Waals surface area (Å²) in [4.78, 5) is 12.1. The lowest BCUT2D eigenvalue weighted by Gasteiger charge is -2.10. The maximum atomic E-state index is 12.4. The molecule has 1 amide bonds. The summed E-state index contributed by atoms with van der Waals surface area (Å²) in [7, 11) is -4.34. The molecule has 5 N–H and O–H groups in total. The van der Waals surface area contributed by atoms with E-state index < -0.39 is 16.0 Å². The van der Waals surface area contributed by atoms with E-state index in [1.807, 2.05) is 0 Å². The summed E-state index contributed by atoms with van der Waals surface area (Å²) in [6.45, 7) is 1.78. The second-order valence-electron chi connectivity index (χ2n) is 5.88. The van der Waals surface area contributed by atoms with Gasteiger partial charge in [-0.3, -0.25) is 9.35 Å². The van der Waals surface area contributed by atoms with Crippen molar-refractivity contribution in [1.82, 2.24) is 0 Å². The van der Waals surface area contributed by atoms with Crippen molar-refractivity contribution in [1.29, 1.82) is 0 Å². The fourth-order valence-electron chi connectivity index (χ4n) is 2.54. The second kappa shape index (κ2) is 6.32. The van der Waals surface area contributed by atoms with Crippen LogP contribution in [-0.2, 0) is 10.1 Å². The average molecular weight is 372 g/mol. The molecule has 7 nitrogen and oxygen atoms in total. The van der Waals surface area contributed by atoms with Crippen LogP contribution in [0.15, 0.2) is 53.4 Å². The Kier molecular flexibility index (Phi) is 4.31. The van der Waals surface area contributed by atoms with Gasteiger partial charge in [0.15, 0.2) is 0 Å². The molecule has 0 spiro atoms. The van der Waals surface area contributed by atoms with Crippen LogP contribution >= 0.6 is 0 Å². The molecule has 0 aliphatic rings. The van der Waals surface area contributed by atoms with E-state index in [0.29, 0.717) is 22.0 Å². The molecule has 0 saturated carbocycles. The molecule has 0 saturated heterocycles. The Labute approximate surface area is 149 Å². The number of aromatic hydroxyl groups is 1. The normalized spacial score (nSPS) is 11.5. The third-order valence-corrected chi connectivity index (χ3v) is 4.85. The summed E-state index contributed by atoms with van der Waals surface area (Å²) in [6, 6.07) is 11.6. The van der Waals surface area contributed by atoms with Crippen LogP contribution in [0, 0.1) is 6.92 Å². The van der Waals surface area contributed by atoms with Crippen LogP contribution in [0.5, 0.6) is 5.75 Å². The van der Waals surface area contributed by atoms with Gasteiger partial charge >= 0.3 is 0 Å². The number of hydrogen-bond acceptors (Lipinski definition) is 5. The quantitative estimate of drug-likeness (QED) is 0.318. The van der Waals surface area contributed by atoms with Crippen LogP contribution < -0.4 is 11.1 Å². The van der Waals surface area contributed by atoms with Gasteiger partial charge in [-0.1, -0.05) is 6.07 Å². The zero-order chi connectivity index (χ0) is 19.1. The van der Waals surface area contributed by atoms with Crippen molar-refractivity contribution in [3.05, 3.63) is 59.7 Å². The van der Waals surface area contributed by atoms with Gasteiger partial charge in [-0.15, -0.1) is 0 Å². The Balaban J connectivity index is 1.96. The topological polar surface area (TPSA) is 130 Å². The second-order valence-corrected chi connectivity index (χ2v) is 7.30. The molecule has 0 heterocycles. The van der Waals surface area contributed by atoms with Crippen molar-refractivity contribution in [3.8, 4) is 5.75 Å². The summed E-state index contributed by atoms with van der Waals surface area (Å²) in [6.07, 6.45) is 0. The predicted molar refractivity (Wildman–Crippen MR) is 99.0 cm³/mol. The number of benzene rings is 3. The zero-order valence-corrected chi connectivity index (χ0v) is 14.5. The summed E-state index contributed by atoms with van der Waals surface area (Å²) in [5.41, 5.74) is 7.64. The largest absolute Gasteiger partial charge is 0.506 e. The van der Waals surface area contributed by atoms with E-state index in [1.54, 1.807) is 25.1 Å². The number of amides is 1. The number of carbonyl (C=O) groups excluding carboxylic acids is 1. The molecule has 0 unspecified atom stereocenters. The molecular weight excluding hydrogens is 356 g/mol. The summed E-state index contributed by atoms with van der Waals surface area (Å²) in [5, 5.41) is 13.7. The fourth-order valence-corrected chi connectivity index (χ4v) is 3.05. The number of anilines is 2. The molecule has 0 aliphatic heterocycles. The molecule has 134 valence electrons. The van der Waals surface area contributed by atoms with Crippen LogP contribution in [0.4, 0.5) is 11.4 Å². The van der Waals surface area contributed by atoms with Crippen LogP contribution in [-0.4, -0.2) is 24.0 Å². The zero-order valence-electron chi connectivity index (χ0n) is 13.7. The van der Waals surface area contributed by atoms with Gasteiger partial charge in [0.1, 0.15) is 5.75 Å². The molecule has 3 rings (SSSR count). The number of phenolic OH excluding ortho intramolecular Hbond substituents is 1. The Morgan fingerprint density at radius 1 is 1.04 bits per heavy atom. The standard InChI is InChI=1S/C18H16N2O5S/c1-10-6-12(3-5-15(10)19)18(22)20-16-8-11-2-4-14(26(23,24)25)7-13(11)9-17(16)21/h2-9,21H,19H2,1H3,(H,20,22)(H,23,24,25). The van der Waals surface area contributed by atoms with Crippen molar-refractivity contribution in [3.63, 3.8) is 0 Å². The molecule has 8 heteroatoms. The molecule has 0 atom stereocenters. The minimum absolute atomic E-state index is 0.177. The van der Waals surface area contributed by atoms with Gasteiger partial charge in [0.05, 0.1) is 10.6 Å². The summed E-state index contributed by atoms with van der Waals surface area (Å²) in [5.74, 6) is -0.650. The van der Waals surface area contributed by atoms with E-state index in [1.165, 1.54) is 30.3 Å². The van der Waals surface area contributed by atoms with E-state index in [9.17, 15) is 18.3 Å². The van der Waals surface area contributed by atoms with E-state index >= 15 is 0 Å². The Morgan fingerprint density at radius 2 is 1.77 bits per heavy atom. The van der Waals surface area contributed by atoms with Gasteiger partial charge in [0.25, 0.3) is 16.0 Å². The lowest BCUT2D eigenvalue weighted by atomic mass is 10.1. The highest BCUT2D eigenvalue weighted by atomic mass is 32.2. The Morgan fingerprint density at radius 3 is 2.42 bits per heavy atom. The van der Waals surface area contributed by atoms with Gasteiger partial charge < -0.3 is 16.2 Å². The molecule has 3 aromatic rings. The Hall–Kier alpha value is -3.10. The smallest absolute Gasteiger partial charge is 0.294 e. The molecular formula is C18H16N2O5S. The highest BCUT2D eigenvalue weighted by molar-refractivity contribution is 7.85. The van der Waals surface area contributed by atoms with Crippen LogP contribution in [0.2, 0.25) is 0 Å². The maximum Gasteiger partial charge on any atom is 0.294 e. The number of nitrogens with one attached hydrogen (secondary N) is 1. The van der Waals surface area contributed by atoms with Crippen molar-refractivity contribution in [2.45, 2.75) is 11.8 Å². The van der Waals surface area contributed by atoms with Crippen LogP contribution in [0.1, 0.15) is 15.9 Å². The van der Waals surface area contributed by atoms with Crippen molar-refractivity contribution in [2.24, 2.45) is 0 Å². The van der Waals surface area contributed by atoms with E-state index in [0.717, 1.165) is 5.56 Å². The highest BCUT2D eigenvalue weighted by Gasteiger charge is 2.14. The fraction of sp³-hybridized carbons (Fsp3) is 0.0556. The monoisotopic (exact) mass is 372 g/mol. The van der Waals surface area contributed by atoms with Crippen LogP contribution in [0.25, 0.3) is 10.8 Å². The maximum absolute atomic E-state index is 12.4. The molecule has 0 radical (unpaired) electrons. The highest BCUT2D eigenvalue weighted by Crippen LogP contribution is 2.31. The third-order valence-electron chi connectivity index (χ3n) is 4.00. The molecule has 0 aromatic heterocycles. The number of hydrogen-bond donors (Lipinski definition) is 4. The number of rotatable bonds is 3. The lowest BCUT2D eigenvalue weighted by Crippen LogP contribution is -2.12. The third kappa shape index (κ3) is 3.46. The summed E-state index contributed by atoms with van der Waals surface area (Å²) >= 11 is 0. The average Bonchev–Trinajstić information content (AvgIpc) is 2.56. The van der Waals surface area contributed by atoms with E-state index in [2.05, 4.69) is 5.32 Å². The molecule has 26 heavy (non-hydrogen) atoms. The molecule has 0 fully saturated rings. The van der Waals surface area contributed by atoms with Gasteiger partial charge in [-0.25, -0.2) is 0 Å². The minimum atomic E-state index is -4.34. The number of fused-ring (bicyclic) bond motifs is 1. The first-order valence-corrected chi connectivity index (χ1v) is 9.01. The van der Waals surface area contributed by atoms with Crippen molar-refractivity contribution >= 4 is 38.2 Å². The first kappa shape index (κ1) is 17.7. The van der Waals surface area contributed by atoms with Gasteiger partial charge in [0, 0.05) is 11.3 Å². The SMILES string of the molecule is Cc1cc(C(=O)Nc2cc3ccc(S(=O)(=O)O)cc3cc2O)ccc1N. The molecule has 0 bridgehead atoms. The number of carbonyl (C=O) groups is 1. The first-order valence-electron chi connectivity index (χ1n) is 7.57. The molecule has 0 aliphatic carbocycles. The first-order chi connectivity index (χ1) is 12.1. The van der Waals surface area contributed by atoms with Gasteiger partial charge in [-0.05, 0) is 65.7 Å². The van der Waals surface area contributed by atoms with Crippen LogP contribution in [0.3, 0.4) is 0 Å². The number of phenols is 1. The minimum Gasteiger partial charge on any atom is -0.506 e. The molecule has 3 aromatic carbocycles. The van der Waals surface area contributed by atoms with Gasteiger partial charge in [-0.2, -0.15) is 8.42 Å². The van der Waals surface area contributed by atoms with Gasteiger partial charge in [0.2, 0.25) is 0 Å². The van der Waals surface area contributed by atoms with E-state index in [-0.39, 0.29) is 16.3 Å². The lowest BCUT2D eigenvalue weighted by molar-refractivity contribution is 0.102. The van der Waals surface area contributed by atoms with Crippen molar-refractivity contribution in [2.75, 3.05) is 11.1 Å². The van der Waals surface area contributed by atoms with E-state index in [4.69, 9.17) is 10.3 Å². The predicted octanol–water partition coefficient (Wildman–Crippen LogP) is 2.94. The number of nitrogen functional groups attached to an aromatic ring is 1. The van der Waals surface area contributed by atoms with Crippen molar-refractivity contribution < 1.29 is 22.9 Å². The number of aryl methyl sites for hydroxylation is 1. The summed E-state index contributed by atoms with van der Waals surface area (Å²) < 4.78 is 31.5. The number of nitrogens with two attached hydrogens (primary N) is 1. The Bertz CT molecular complexity index is 1140.